The molecule has 0 unspecified atom stereocenters. The summed E-state index contributed by atoms with van der Waals surface area (Å²) in [6.45, 7) is 0. The van der Waals surface area contributed by atoms with Gasteiger partial charge < -0.3 is 4.42 Å². The lowest BCUT2D eigenvalue weighted by atomic mass is 9.96. The average Bonchev–Trinajstić information content (AvgIpc) is 2.95. The SMILES string of the molecule is O=S(=O)(NC1CCCCC1)c1ccc(-c2nnc(S)o2)cc1. The third-order valence-electron chi connectivity index (χ3n) is 3.75. The first-order chi connectivity index (χ1) is 10.5. The zero-order valence-electron chi connectivity index (χ0n) is 11.9. The van der Waals surface area contributed by atoms with E-state index in [1.54, 1.807) is 24.3 Å². The van der Waals surface area contributed by atoms with Crippen LogP contribution in [0.15, 0.2) is 38.8 Å². The first-order valence-corrected chi connectivity index (χ1v) is 9.13. The third kappa shape index (κ3) is 3.50. The van der Waals surface area contributed by atoms with Crippen LogP contribution in [0, 0.1) is 0 Å². The van der Waals surface area contributed by atoms with Gasteiger partial charge in [0, 0.05) is 11.6 Å². The molecule has 6 nitrogen and oxygen atoms in total. The summed E-state index contributed by atoms with van der Waals surface area (Å²) in [6, 6.07) is 6.43. The van der Waals surface area contributed by atoms with Crippen molar-refractivity contribution in [1.82, 2.24) is 14.9 Å². The fourth-order valence-corrected chi connectivity index (χ4v) is 4.05. The van der Waals surface area contributed by atoms with Gasteiger partial charge in [-0.1, -0.05) is 31.9 Å². The number of thiol groups is 1. The number of sulfonamides is 1. The van der Waals surface area contributed by atoms with Gasteiger partial charge in [0.2, 0.25) is 15.9 Å². The molecule has 8 heteroatoms. The molecule has 118 valence electrons. The summed E-state index contributed by atoms with van der Waals surface area (Å²) >= 11 is 3.95. The number of hydrogen-bond acceptors (Lipinski definition) is 6. The van der Waals surface area contributed by atoms with E-state index in [0.717, 1.165) is 25.7 Å². The second-order valence-electron chi connectivity index (χ2n) is 5.37. The van der Waals surface area contributed by atoms with Crippen LogP contribution in [0.5, 0.6) is 0 Å². The molecule has 0 aliphatic heterocycles. The predicted octanol–water partition coefficient (Wildman–Crippen LogP) is 2.64. The minimum absolute atomic E-state index is 0.0427. The van der Waals surface area contributed by atoms with Crippen molar-refractivity contribution < 1.29 is 12.8 Å². The summed E-state index contributed by atoms with van der Waals surface area (Å²) in [5.74, 6) is 0.314. The van der Waals surface area contributed by atoms with Crippen LogP contribution >= 0.6 is 12.6 Å². The van der Waals surface area contributed by atoms with E-state index in [-0.39, 0.29) is 16.2 Å². The molecule has 1 heterocycles. The normalized spacial score (nSPS) is 16.8. The second-order valence-corrected chi connectivity index (χ2v) is 7.47. The van der Waals surface area contributed by atoms with Crippen LogP contribution in [0.25, 0.3) is 11.5 Å². The molecule has 22 heavy (non-hydrogen) atoms. The van der Waals surface area contributed by atoms with Crippen LogP contribution < -0.4 is 4.72 Å². The first kappa shape index (κ1) is 15.5. The van der Waals surface area contributed by atoms with Gasteiger partial charge in [-0.2, -0.15) is 0 Å². The van der Waals surface area contributed by atoms with E-state index >= 15 is 0 Å². The van der Waals surface area contributed by atoms with Gasteiger partial charge in [0.05, 0.1) is 4.90 Å². The van der Waals surface area contributed by atoms with E-state index in [0.29, 0.717) is 11.5 Å². The van der Waals surface area contributed by atoms with E-state index < -0.39 is 10.0 Å². The topological polar surface area (TPSA) is 85.1 Å². The largest absolute Gasteiger partial charge is 0.411 e. The lowest BCUT2D eigenvalue weighted by molar-refractivity contribution is 0.412. The maximum absolute atomic E-state index is 12.4. The summed E-state index contributed by atoms with van der Waals surface area (Å²) in [6.07, 6.45) is 5.16. The van der Waals surface area contributed by atoms with Gasteiger partial charge in [-0.3, -0.25) is 0 Å². The molecule has 1 aromatic heterocycles. The summed E-state index contributed by atoms with van der Waals surface area (Å²) < 4.78 is 32.7. The predicted molar refractivity (Wildman–Crippen MR) is 84.2 cm³/mol. The fraction of sp³-hybridized carbons (Fsp3) is 0.429. The number of hydrogen-bond donors (Lipinski definition) is 2. The Bertz CT molecular complexity index is 735. The summed E-state index contributed by atoms with van der Waals surface area (Å²) in [7, 11) is -3.49. The molecule has 0 radical (unpaired) electrons. The number of benzene rings is 1. The molecule has 1 aliphatic rings. The van der Waals surface area contributed by atoms with Gasteiger partial charge in [0.1, 0.15) is 0 Å². The Morgan fingerprint density at radius 2 is 1.77 bits per heavy atom. The van der Waals surface area contributed by atoms with Crippen LogP contribution in [0.4, 0.5) is 0 Å². The molecule has 0 saturated heterocycles. The summed E-state index contributed by atoms with van der Waals surface area (Å²) in [5, 5.41) is 7.64. The highest BCUT2D eigenvalue weighted by molar-refractivity contribution is 7.89. The lowest BCUT2D eigenvalue weighted by Gasteiger charge is -2.22. The zero-order valence-corrected chi connectivity index (χ0v) is 13.6. The minimum Gasteiger partial charge on any atom is -0.411 e. The molecule has 1 fully saturated rings. The monoisotopic (exact) mass is 339 g/mol. The van der Waals surface area contributed by atoms with E-state index in [1.165, 1.54) is 6.42 Å². The Hall–Kier alpha value is -1.38. The van der Waals surface area contributed by atoms with Crippen molar-refractivity contribution in [3.63, 3.8) is 0 Å². The molecular weight excluding hydrogens is 322 g/mol. The maximum Gasteiger partial charge on any atom is 0.273 e. The Labute approximate surface area is 134 Å². The minimum atomic E-state index is -3.49. The molecule has 0 atom stereocenters. The third-order valence-corrected chi connectivity index (χ3v) is 5.47. The van der Waals surface area contributed by atoms with Crippen LogP contribution in [0.2, 0.25) is 0 Å². The molecule has 1 N–H and O–H groups in total. The standard InChI is InChI=1S/C14H17N3O3S2/c18-22(19,17-11-4-2-1-3-5-11)12-8-6-10(7-9-12)13-15-16-14(21)20-13/h6-9,11,17H,1-5H2,(H,16,21). The van der Waals surface area contributed by atoms with Crippen molar-refractivity contribution in [2.45, 2.75) is 48.3 Å². The van der Waals surface area contributed by atoms with Gasteiger partial charge >= 0.3 is 0 Å². The number of aromatic nitrogens is 2. The van der Waals surface area contributed by atoms with Gasteiger partial charge in [-0.15, -0.1) is 10.2 Å². The number of nitrogens with zero attached hydrogens (tertiary/aromatic N) is 2. The van der Waals surface area contributed by atoms with Gasteiger partial charge in [0.15, 0.2) is 0 Å². The fourth-order valence-electron chi connectivity index (χ4n) is 2.62. The van der Waals surface area contributed by atoms with E-state index in [2.05, 4.69) is 27.5 Å². The van der Waals surface area contributed by atoms with Crippen molar-refractivity contribution in [3.8, 4) is 11.5 Å². The molecule has 1 aromatic carbocycles. The molecule has 0 spiro atoms. The molecular formula is C14H17N3O3S2. The number of nitrogens with one attached hydrogen (secondary N) is 1. The van der Waals surface area contributed by atoms with Crippen LogP contribution in [-0.4, -0.2) is 24.7 Å². The van der Waals surface area contributed by atoms with Gasteiger partial charge in [-0.25, -0.2) is 13.1 Å². The van der Waals surface area contributed by atoms with Gasteiger partial charge in [0.25, 0.3) is 5.22 Å². The van der Waals surface area contributed by atoms with Gasteiger partial charge in [-0.05, 0) is 37.1 Å². The Morgan fingerprint density at radius 1 is 1.09 bits per heavy atom. The molecule has 0 amide bonds. The molecule has 1 aliphatic carbocycles. The molecule has 0 bridgehead atoms. The summed E-state index contributed by atoms with van der Waals surface area (Å²) in [4.78, 5) is 0.243. The van der Waals surface area contributed by atoms with Crippen LogP contribution in [-0.2, 0) is 10.0 Å². The summed E-state index contributed by atoms with van der Waals surface area (Å²) in [5.41, 5.74) is 0.657. The number of rotatable bonds is 4. The van der Waals surface area contributed by atoms with Crippen molar-refractivity contribution in [2.75, 3.05) is 0 Å². The second kappa shape index (κ2) is 6.39. The van der Waals surface area contributed by atoms with Crippen molar-refractivity contribution >= 4 is 22.7 Å². The van der Waals surface area contributed by atoms with E-state index in [9.17, 15) is 8.42 Å². The van der Waals surface area contributed by atoms with E-state index in [1.807, 2.05) is 0 Å². The van der Waals surface area contributed by atoms with Crippen LogP contribution in [0.3, 0.4) is 0 Å². The first-order valence-electron chi connectivity index (χ1n) is 7.20. The Morgan fingerprint density at radius 3 is 2.36 bits per heavy atom. The molecule has 3 rings (SSSR count). The average molecular weight is 339 g/mol. The van der Waals surface area contributed by atoms with Crippen LogP contribution in [0.1, 0.15) is 32.1 Å². The molecule has 1 saturated carbocycles. The molecule has 2 aromatic rings. The highest BCUT2D eigenvalue weighted by atomic mass is 32.2. The lowest BCUT2D eigenvalue weighted by Crippen LogP contribution is -2.36. The quantitative estimate of drug-likeness (QED) is 0.837. The van der Waals surface area contributed by atoms with Crippen molar-refractivity contribution in [2.24, 2.45) is 0 Å². The highest BCUT2D eigenvalue weighted by Crippen LogP contribution is 2.23. The maximum atomic E-state index is 12.4. The van der Waals surface area contributed by atoms with Crippen molar-refractivity contribution in [1.29, 1.82) is 0 Å². The zero-order chi connectivity index (χ0) is 15.6. The van der Waals surface area contributed by atoms with E-state index in [4.69, 9.17) is 4.42 Å². The highest BCUT2D eigenvalue weighted by Gasteiger charge is 2.22. The Balaban J connectivity index is 1.76. The Kier molecular flexibility index (Phi) is 4.51. The van der Waals surface area contributed by atoms with Crippen molar-refractivity contribution in [3.05, 3.63) is 24.3 Å². The smallest absolute Gasteiger partial charge is 0.273 e.